The number of amides is 1. The lowest BCUT2D eigenvalue weighted by molar-refractivity contribution is -0.131. The van der Waals surface area contributed by atoms with Gasteiger partial charge >= 0.3 is 0 Å². The van der Waals surface area contributed by atoms with Crippen molar-refractivity contribution in [2.45, 2.75) is 12.8 Å². The Balaban J connectivity index is 1.17. The molecule has 4 aromatic rings. The molecule has 0 atom stereocenters. The maximum atomic E-state index is 12.8. The van der Waals surface area contributed by atoms with Gasteiger partial charge in [0.15, 0.2) is 0 Å². The van der Waals surface area contributed by atoms with Gasteiger partial charge in [-0.1, -0.05) is 65.3 Å². The minimum atomic E-state index is -0.372. The number of rotatable bonds is 6. The molecule has 10 heteroatoms. The lowest BCUT2D eigenvalue weighted by Crippen LogP contribution is -2.49. The molecule has 3 heterocycles. The molecule has 0 saturated carbocycles. The number of carbonyl (C=O) groups is 1. The van der Waals surface area contributed by atoms with Gasteiger partial charge in [-0.15, -0.1) is 0 Å². The predicted molar refractivity (Wildman–Crippen MR) is 132 cm³/mol. The van der Waals surface area contributed by atoms with Crippen molar-refractivity contribution in [3.63, 3.8) is 0 Å². The molecule has 0 bridgehead atoms. The van der Waals surface area contributed by atoms with Crippen molar-refractivity contribution >= 4 is 23.2 Å². The van der Waals surface area contributed by atoms with Crippen molar-refractivity contribution < 1.29 is 9.32 Å². The fourth-order valence-corrected chi connectivity index (χ4v) is 4.28. The number of hydrogen-bond donors (Lipinski definition) is 0. The average Bonchev–Trinajstić information content (AvgIpc) is 3.39. The van der Waals surface area contributed by atoms with Crippen LogP contribution >= 0.6 is 11.6 Å². The molecule has 1 fully saturated rings. The van der Waals surface area contributed by atoms with Gasteiger partial charge < -0.3 is 14.3 Å². The third-order valence-corrected chi connectivity index (χ3v) is 6.28. The second-order valence-electron chi connectivity index (χ2n) is 8.14. The molecule has 1 aliphatic heterocycles. The van der Waals surface area contributed by atoms with E-state index in [4.69, 9.17) is 16.1 Å². The molecule has 2 aromatic carbocycles. The van der Waals surface area contributed by atoms with Crippen LogP contribution in [0, 0.1) is 0 Å². The smallest absolute Gasteiger partial charge is 0.292 e. The maximum absolute atomic E-state index is 12.8. The number of hydrogen-bond acceptors (Lipinski definition) is 7. The molecule has 1 amide bonds. The highest BCUT2D eigenvalue weighted by atomic mass is 35.5. The molecule has 35 heavy (non-hydrogen) atoms. The summed E-state index contributed by atoms with van der Waals surface area (Å²) in [6.07, 6.45) is 2.27. The largest absolute Gasteiger partial charge is 0.365 e. The van der Waals surface area contributed by atoms with E-state index < -0.39 is 0 Å². The summed E-state index contributed by atoms with van der Waals surface area (Å²) in [6, 6.07) is 18.7. The van der Waals surface area contributed by atoms with Crippen LogP contribution in [0.5, 0.6) is 0 Å². The Bertz CT molecular complexity index is 1360. The predicted octanol–water partition coefficient (Wildman–Crippen LogP) is 3.22. The first-order chi connectivity index (χ1) is 17.1. The zero-order chi connectivity index (χ0) is 24.2. The molecule has 0 aliphatic carbocycles. The number of aromatic nitrogens is 4. The van der Waals surface area contributed by atoms with Crippen LogP contribution in [0.15, 0.2) is 76.2 Å². The standard InChI is InChI=1S/C25H23ClN6O3/c26-23-20(17-27-32(25(23)34)19-9-5-2-6-10-19)30-13-15-31(16-14-30)22(33)12-11-21-28-24(29-35-21)18-7-3-1-4-8-18/h1-10,17H,11-16H2. The van der Waals surface area contributed by atoms with Gasteiger partial charge in [0.25, 0.3) is 5.56 Å². The summed E-state index contributed by atoms with van der Waals surface area (Å²) in [7, 11) is 0. The molecular weight excluding hydrogens is 468 g/mol. The number of para-hydroxylation sites is 1. The van der Waals surface area contributed by atoms with Crippen LogP contribution < -0.4 is 10.5 Å². The first-order valence-electron chi connectivity index (χ1n) is 11.3. The number of piperazine rings is 1. The second-order valence-corrected chi connectivity index (χ2v) is 8.52. The maximum Gasteiger partial charge on any atom is 0.292 e. The number of aryl methyl sites for hydroxylation is 1. The first-order valence-corrected chi connectivity index (χ1v) is 11.7. The van der Waals surface area contributed by atoms with Crippen molar-refractivity contribution in [3.8, 4) is 17.1 Å². The van der Waals surface area contributed by atoms with E-state index >= 15 is 0 Å². The Labute approximate surface area is 206 Å². The Morgan fingerprint density at radius 1 is 0.971 bits per heavy atom. The van der Waals surface area contributed by atoms with Crippen LogP contribution in [0.3, 0.4) is 0 Å². The van der Waals surface area contributed by atoms with Crippen LogP contribution in [0.4, 0.5) is 5.69 Å². The molecule has 0 spiro atoms. The number of anilines is 1. The van der Waals surface area contributed by atoms with Gasteiger partial charge in [0.1, 0.15) is 5.02 Å². The number of nitrogens with zero attached hydrogens (tertiary/aromatic N) is 6. The van der Waals surface area contributed by atoms with Gasteiger partial charge in [-0.3, -0.25) is 9.59 Å². The fraction of sp³-hybridized carbons (Fsp3) is 0.240. The van der Waals surface area contributed by atoms with E-state index in [0.29, 0.717) is 55.7 Å². The van der Waals surface area contributed by atoms with Gasteiger partial charge in [-0.05, 0) is 12.1 Å². The van der Waals surface area contributed by atoms with Gasteiger partial charge in [-0.25, -0.2) is 0 Å². The minimum Gasteiger partial charge on any atom is -0.365 e. The van der Waals surface area contributed by atoms with Crippen molar-refractivity contribution in [2.75, 3.05) is 31.1 Å². The summed E-state index contributed by atoms with van der Waals surface area (Å²) < 4.78 is 6.59. The van der Waals surface area contributed by atoms with Crippen LogP contribution in [-0.4, -0.2) is 56.9 Å². The summed E-state index contributed by atoms with van der Waals surface area (Å²) in [6.45, 7) is 2.16. The summed E-state index contributed by atoms with van der Waals surface area (Å²) in [5.41, 5.74) is 1.73. The SMILES string of the molecule is O=C(CCc1nc(-c2ccccc2)no1)N1CCN(c2cnn(-c3ccccc3)c(=O)c2Cl)CC1. The molecule has 5 rings (SSSR count). The molecule has 0 N–H and O–H groups in total. The highest BCUT2D eigenvalue weighted by Crippen LogP contribution is 2.23. The van der Waals surface area contributed by atoms with Gasteiger partial charge in [-0.2, -0.15) is 14.8 Å². The molecule has 1 aliphatic rings. The fourth-order valence-electron chi connectivity index (χ4n) is 4.03. The third kappa shape index (κ3) is 4.95. The highest BCUT2D eigenvalue weighted by Gasteiger charge is 2.24. The monoisotopic (exact) mass is 490 g/mol. The Morgan fingerprint density at radius 2 is 1.66 bits per heavy atom. The Morgan fingerprint density at radius 3 is 2.37 bits per heavy atom. The molecule has 178 valence electrons. The van der Waals surface area contributed by atoms with E-state index in [1.54, 1.807) is 23.2 Å². The van der Waals surface area contributed by atoms with E-state index in [1.807, 2.05) is 53.4 Å². The summed E-state index contributed by atoms with van der Waals surface area (Å²) in [5.74, 6) is 0.974. The van der Waals surface area contributed by atoms with E-state index in [2.05, 4.69) is 15.2 Å². The van der Waals surface area contributed by atoms with E-state index in [-0.39, 0.29) is 22.9 Å². The quantitative estimate of drug-likeness (QED) is 0.409. The molecule has 0 unspecified atom stereocenters. The topological polar surface area (TPSA) is 97.4 Å². The molecule has 2 aromatic heterocycles. The third-order valence-electron chi connectivity index (χ3n) is 5.93. The lowest BCUT2D eigenvalue weighted by Gasteiger charge is -2.36. The molecule has 1 saturated heterocycles. The van der Waals surface area contributed by atoms with Crippen molar-refractivity contribution in [1.82, 2.24) is 24.8 Å². The van der Waals surface area contributed by atoms with Crippen molar-refractivity contribution in [1.29, 1.82) is 0 Å². The van der Waals surface area contributed by atoms with Gasteiger partial charge in [0.05, 0.1) is 17.6 Å². The van der Waals surface area contributed by atoms with Crippen molar-refractivity contribution in [3.05, 3.63) is 88.1 Å². The molecule has 0 radical (unpaired) electrons. The summed E-state index contributed by atoms with van der Waals surface area (Å²) in [5, 5.41) is 8.42. The van der Waals surface area contributed by atoms with Crippen LogP contribution in [0.2, 0.25) is 5.02 Å². The molecule has 9 nitrogen and oxygen atoms in total. The zero-order valence-electron chi connectivity index (χ0n) is 18.9. The number of carbonyl (C=O) groups excluding carboxylic acids is 1. The van der Waals surface area contributed by atoms with E-state index in [0.717, 1.165) is 5.56 Å². The van der Waals surface area contributed by atoms with Crippen LogP contribution in [0.1, 0.15) is 12.3 Å². The normalized spacial score (nSPS) is 13.7. The van der Waals surface area contributed by atoms with E-state index in [1.165, 1.54) is 4.68 Å². The average molecular weight is 491 g/mol. The summed E-state index contributed by atoms with van der Waals surface area (Å²) >= 11 is 6.43. The minimum absolute atomic E-state index is 0.0211. The lowest BCUT2D eigenvalue weighted by atomic mass is 10.2. The first kappa shape index (κ1) is 22.8. The van der Waals surface area contributed by atoms with Crippen LogP contribution in [-0.2, 0) is 11.2 Å². The Kier molecular flexibility index (Phi) is 6.58. The second kappa shape index (κ2) is 10.1. The highest BCUT2D eigenvalue weighted by molar-refractivity contribution is 6.33. The van der Waals surface area contributed by atoms with Gasteiger partial charge in [0.2, 0.25) is 17.6 Å². The number of benzene rings is 2. The van der Waals surface area contributed by atoms with Crippen molar-refractivity contribution in [2.24, 2.45) is 0 Å². The summed E-state index contributed by atoms with van der Waals surface area (Å²) in [4.78, 5) is 33.7. The van der Waals surface area contributed by atoms with Crippen LogP contribution in [0.25, 0.3) is 17.1 Å². The van der Waals surface area contributed by atoms with E-state index in [9.17, 15) is 9.59 Å². The molecular formula is C25H23ClN6O3. The zero-order valence-corrected chi connectivity index (χ0v) is 19.6. The van der Waals surface area contributed by atoms with Gasteiger partial charge in [0, 0.05) is 44.6 Å². The Hall–Kier alpha value is -3.98. The number of halogens is 1.